The van der Waals surface area contributed by atoms with Gasteiger partial charge in [0.25, 0.3) is 0 Å². The smallest absolute Gasteiger partial charge is 0.387 e. The van der Waals surface area contributed by atoms with Crippen molar-refractivity contribution in [2.75, 3.05) is 26.2 Å². The topological polar surface area (TPSA) is 45.7 Å². The van der Waals surface area contributed by atoms with E-state index in [0.717, 1.165) is 11.3 Å². The highest BCUT2D eigenvalue weighted by Crippen LogP contribution is 2.22. The molecule has 2 heterocycles. The molecule has 26 heavy (non-hydrogen) atoms. The zero-order chi connectivity index (χ0) is 18.4. The van der Waals surface area contributed by atoms with E-state index in [0.29, 0.717) is 39.1 Å². The van der Waals surface area contributed by atoms with E-state index in [2.05, 4.69) is 14.6 Å². The summed E-state index contributed by atoms with van der Waals surface area (Å²) in [5, 5.41) is 0. The molecule has 0 aliphatic carbocycles. The van der Waals surface area contributed by atoms with Gasteiger partial charge in [-0.15, -0.1) is 0 Å². The third kappa shape index (κ3) is 4.98. The van der Waals surface area contributed by atoms with Gasteiger partial charge in [-0.25, -0.2) is 0 Å². The number of para-hydroxylation sites is 1. The number of ether oxygens (including phenoxy) is 1. The van der Waals surface area contributed by atoms with E-state index >= 15 is 0 Å². The molecule has 1 fully saturated rings. The average molecular weight is 361 g/mol. The van der Waals surface area contributed by atoms with E-state index in [1.54, 1.807) is 30.5 Å². The Morgan fingerprint density at radius 1 is 1.08 bits per heavy atom. The highest BCUT2D eigenvalue weighted by atomic mass is 19.3. The van der Waals surface area contributed by atoms with Crippen LogP contribution in [0.25, 0.3) is 0 Å². The van der Waals surface area contributed by atoms with Gasteiger partial charge in [-0.3, -0.25) is 14.7 Å². The lowest BCUT2D eigenvalue weighted by Gasteiger charge is -2.35. The van der Waals surface area contributed by atoms with Crippen LogP contribution < -0.4 is 4.74 Å². The molecule has 0 spiro atoms. The second-order valence-corrected chi connectivity index (χ2v) is 6.14. The number of benzene rings is 1. The molecule has 138 valence electrons. The Bertz CT molecular complexity index is 720. The van der Waals surface area contributed by atoms with Crippen LogP contribution in [-0.4, -0.2) is 53.5 Å². The average Bonchev–Trinajstić information content (AvgIpc) is 2.64. The van der Waals surface area contributed by atoms with Crippen LogP contribution in [0.3, 0.4) is 0 Å². The minimum atomic E-state index is -2.84. The first-order valence-electron chi connectivity index (χ1n) is 8.54. The first kappa shape index (κ1) is 18.3. The summed E-state index contributed by atoms with van der Waals surface area (Å²) in [6.07, 6.45) is 1.98. The number of piperazine rings is 1. The van der Waals surface area contributed by atoms with Gasteiger partial charge < -0.3 is 9.64 Å². The van der Waals surface area contributed by atoms with E-state index in [1.807, 2.05) is 23.1 Å². The number of halogens is 2. The van der Waals surface area contributed by atoms with E-state index in [-0.39, 0.29) is 11.7 Å². The van der Waals surface area contributed by atoms with Gasteiger partial charge in [-0.2, -0.15) is 8.78 Å². The fourth-order valence-corrected chi connectivity index (χ4v) is 3.01. The lowest BCUT2D eigenvalue weighted by Crippen LogP contribution is -2.48. The summed E-state index contributed by atoms with van der Waals surface area (Å²) in [6.45, 7) is 0.295. The van der Waals surface area contributed by atoms with Crippen LogP contribution >= 0.6 is 0 Å². The molecule has 5 nitrogen and oxygen atoms in total. The second-order valence-electron chi connectivity index (χ2n) is 6.14. The number of carbonyl (C=O) groups is 1. The summed E-state index contributed by atoms with van der Waals surface area (Å²) in [5.74, 6) is 0.265. The number of pyridine rings is 1. The van der Waals surface area contributed by atoms with Crippen LogP contribution in [0.15, 0.2) is 48.7 Å². The summed E-state index contributed by atoms with van der Waals surface area (Å²) >= 11 is 0. The molecular weight excluding hydrogens is 340 g/mol. The van der Waals surface area contributed by atoms with Crippen LogP contribution in [0.4, 0.5) is 8.78 Å². The Hall–Kier alpha value is -2.54. The molecule has 0 saturated carbocycles. The van der Waals surface area contributed by atoms with Gasteiger partial charge in [0, 0.05) is 50.2 Å². The van der Waals surface area contributed by atoms with E-state index in [4.69, 9.17) is 0 Å². The predicted octanol–water partition coefficient (Wildman–Crippen LogP) is 2.57. The van der Waals surface area contributed by atoms with Crippen LogP contribution in [0.5, 0.6) is 5.75 Å². The van der Waals surface area contributed by atoms with E-state index in [1.165, 1.54) is 0 Å². The van der Waals surface area contributed by atoms with Crippen molar-refractivity contribution in [1.29, 1.82) is 0 Å². The standard InChI is InChI=1S/C19H21F2N3O2/c20-19(21)26-17-7-2-1-5-15(17)14-23-9-11-24(12-10-23)18(25)13-16-6-3-4-8-22-16/h1-8,19H,9-14H2. The SMILES string of the molecule is O=C(Cc1ccccn1)N1CCN(Cc2ccccc2OC(F)F)CC1. The van der Waals surface area contributed by atoms with Crippen molar-refractivity contribution in [2.45, 2.75) is 19.6 Å². The third-order valence-electron chi connectivity index (χ3n) is 4.37. The lowest BCUT2D eigenvalue weighted by molar-refractivity contribution is -0.132. The summed E-state index contributed by atoms with van der Waals surface area (Å²) < 4.78 is 29.6. The molecular formula is C19H21F2N3O2. The quantitative estimate of drug-likeness (QED) is 0.793. The van der Waals surface area contributed by atoms with E-state index < -0.39 is 6.61 Å². The number of hydrogen-bond donors (Lipinski definition) is 0. The Morgan fingerprint density at radius 3 is 2.50 bits per heavy atom. The number of aromatic nitrogens is 1. The van der Waals surface area contributed by atoms with Crippen molar-refractivity contribution < 1.29 is 18.3 Å². The number of carbonyl (C=O) groups excluding carboxylic acids is 1. The van der Waals surface area contributed by atoms with Crippen molar-refractivity contribution in [3.63, 3.8) is 0 Å². The van der Waals surface area contributed by atoms with Crippen molar-refractivity contribution in [1.82, 2.24) is 14.8 Å². The first-order valence-corrected chi connectivity index (χ1v) is 8.54. The molecule has 0 unspecified atom stereocenters. The Morgan fingerprint density at radius 2 is 1.81 bits per heavy atom. The fraction of sp³-hybridized carbons (Fsp3) is 0.368. The molecule has 2 aromatic rings. The van der Waals surface area contributed by atoms with Crippen LogP contribution in [-0.2, 0) is 17.8 Å². The molecule has 1 aliphatic heterocycles. The normalized spacial score (nSPS) is 15.3. The molecule has 1 aliphatic rings. The highest BCUT2D eigenvalue weighted by Gasteiger charge is 2.22. The van der Waals surface area contributed by atoms with Crippen LogP contribution in [0, 0.1) is 0 Å². The maximum absolute atomic E-state index is 12.5. The van der Waals surface area contributed by atoms with Crippen molar-refractivity contribution >= 4 is 5.91 Å². The lowest BCUT2D eigenvalue weighted by atomic mass is 10.1. The van der Waals surface area contributed by atoms with Crippen molar-refractivity contribution in [2.24, 2.45) is 0 Å². The Labute approximate surface area is 151 Å². The van der Waals surface area contributed by atoms with E-state index in [9.17, 15) is 13.6 Å². The predicted molar refractivity (Wildman–Crippen MR) is 92.9 cm³/mol. The Kier molecular flexibility index (Phi) is 6.12. The fourth-order valence-electron chi connectivity index (χ4n) is 3.01. The molecule has 1 saturated heterocycles. The van der Waals surface area contributed by atoms with Gasteiger partial charge in [0.2, 0.25) is 5.91 Å². The van der Waals surface area contributed by atoms with Gasteiger partial charge in [-0.05, 0) is 18.2 Å². The van der Waals surface area contributed by atoms with Gasteiger partial charge in [0.1, 0.15) is 5.75 Å². The molecule has 0 radical (unpaired) electrons. The number of rotatable bonds is 6. The molecule has 3 rings (SSSR count). The molecule has 1 amide bonds. The number of hydrogen-bond acceptors (Lipinski definition) is 4. The maximum Gasteiger partial charge on any atom is 0.387 e. The first-order chi connectivity index (χ1) is 12.6. The molecule has 0 N–H and O–H groups in total. The summed E-state index contributed by atoms with van der Waals surface area (Å²) in [6, 6.07) is 12.4. The number of amides is 1. The third-order valence-corrected chi connectivity index (χ3v) is 4.37. The molecule has 7 heteroatoms. The largest absolute Gasteiger partial charge is 0.434 e. The number of alkyl halides is 2. The minimum Gasteiger partial charge on any atom is -0.434 e. The van der Waals surface area contributed by atoms with Crippen LogP contribution in [0.1, 0.15) is 11.3 Å². The van der Waals surface area contributed by atoms with Crippen molar-refractivity contribution in [3.8, 4) is 5.75 Å². The minimum absolute atomic E-state index is 0.0600. The molecule has 1 aromatic heterocycles. The highest BCUT2D eigenvalue weighted by molar-refractivity contribution is 5.78. The molecule has 1 aromatic carbocycles. The monoisotopic (exact) mass is 361 g/mol. The Balaban J connectivity index is 1.52. The van der Waals surface area contributed by atoms with Gasteiger partial charge in [0.05, 0.1) is 6.42 Å². The van der Waals surface area contributed by atoms with Gasteiger partial charge >= 0.3 is 6.61 Å². The molecule has 0 bridgehead atoms. The zero-order valence-corrected chi connectivity index (χ0v) is 14.4. The second kappa shape index (κ2) is 8.71. The van der Waals surface area contributed by atoms with Gasteiger partial charge in [-0.1, -0.05) is 24.3 Å². The summed E-state index contributed by atoms with van der Waals surface area (Å²) in [7, 11) is 0. The van der Waals surface area contributed by atoms with Gasteiger partial charge in [0.15, 0.2) is 0 Å². The van der Waals surface area contributed by atoms with Crippen LogP contribution in [0.2, 0.25) is 0 Å². The zero-order valence-electron chi connectivity index (χ0n) is 14.4. The molecule has 0 atom stereocenters. The summed E-state index contributed by atoms with van der Waals surface area (Å²) in [5.41, 5.74) is 1.49. The number of nitrogens with zero attached hydrogens (tertiary/aromatic N) is 3. The summed E-state index contributed by atoms with van der Waals surface area (Å²) in [4.78, 5) is 20.5. The van der Waals surface area contributed by atoms with Crippen molar-refractivity contribution in [3.05, 3.63) is 59.9 Å². The maximum atomic E-state index is 12.5.